The Hall–Kier alpha value is -4.05. The van der Waals surface area contributed by atoms with Gasteiger partial charge in [-0.2, -0.15) is 0 Å². The first-order chi connectivity index (χ1) is 16.2. The smallest absolute Gasteiger partial charge is 0.225 e. The normalized spacial score (nSPS) is 14.8. The standard InChI is InChI=1S/C29H26N2O2/c1-33-25-17-15-24(16-18-25)31(20-21-7-3-2-4-8-21)23-13-11-22(12-14-23)27-19-29(32)30-28-10-6-5-9-26(27)28/h2-18,27H,19-20H2,1H3,(H,30,32). The summed E-state index contributed by atoms with van der Waals surface area (Å²) < 4.78 is 5.34. The lowest BCUT2D eigenvalue weighted by molar-refractivity contribution is -0.116. The van der Waals surface area contributed by atoms with Crippen molar-refractivity contribution in [3.63, 3.8) is 0 Å². The van der Waals surface area contributed by atoms with Gasteiger partial charge in [-0.05, 0) is 59.2 Å². The van der Waals surface area contributed by atoms with Crippen molar-refractivity contribution in [2.75, 3.05) is 17.3 Å². The van der Waals surface area contributed by atoms with Gasteiger partial charge in [0.05, 0.1) is 7.11 Å². The van der Waals surface area contributed by atoms with Crippen LogP contribution in [-0.4, -0.2) is 13.0 Å². The van der Waals surface area contributed by atoms with E-state index in [-0.39, 0.29) is 11.8 Å². The molecule has 0 aliphatic carbocycles. The Morgan fingerprint density at radius 3 is 2.15 bits per heavy atom. The zero-order chi connectivity index (χ0) is 22.6. The van der Waals surface area contributed by atoms with E-state index >= 15 is 0 Å². The van der Waals surface area contributed by atoms with Crippen molar-refractivity contribution in [2.45, 2.75) is 18.9 Å². The third kappa shape index (κ3) is 4.46. The molecule has 4 aromatic rings. The van der Waals surface area contributed by atoms with Crippen LogP contribution in [0.2, 0.25) is 0 Å². The van der Waals surface area contributed by atoms with Crippen molar-refractivity contribution in [2.24, 2.45) is 0 Å². The van der Waals surface area contributed by atoms with E-state index in [0.717, 1.165) is 34.9 Å². The number of nitrogens with zero attached hydrogens (tertiary/aromatic N) is 1. The Labute approximate surface area is 194 Å². The summed E-state index contributed by atoms with van der Waals surface area (Å²) in [4.78, 5) is 14.6. The van der Waals surface area contributed by atoms with E-state index in [0.29, 0.717) is 6.42 Å². The molecule has 1 N–H and O–H groups in total. The third-order valence-corrected chi connectivity index (χ3v) is 6.17. The van der Waals surface area contributed by atoms with E-state index in [1.165, 1.54) is 11.1 Å². The molecule has 0 spiro atoms. The van der Waals surface area contributed by atoms with Gasteiger partial charge < -0.3 is 15.0 Å². The quantitative estimate of drug-likeness (QED) is 0.376. The number of amides is 1. The average Bonchev–Trinajstić information content (AvgIpc) is 2.88. The molecular formula is C29H26N2O2. The van der Waals surface area contributed by atoms with Crippen LogP contribution in [0.25, 0.3) is 0 Å². The highest BCUT2D eigenvalue weighted by Crippen LogP contribution is 2.38. The molecule has 0 fully saturated rings. The topological polar surface area (TPSA) is 41.6 Å². The molecule has 1 heterocycles. The molecule has 1 atom stereocenters. The molecule has 4 nitrogen and oxygen atoms in total. The number of nitrogens with one attached hydrogen (secondary N) is 1. The van der Waals surface area contributed by atoms with Crippen molar-refractivity contribution < 1.29 is 9.53 Å². The third-order valence-electron chi connectivity index (χ3n) is 6.17. The highest BCUT2D eigenvalue weighted by atomic mass is 16.5. The molecule has 4 heteroatoms. The first-order valence-electron chi connectivity index (χ1n) is 11.2. The molecule has 1 unspecified atom stereocenters. The zero-order valence-electron chi connectivity index (χ0n) is 18.6. The Bertz CT molecular complexity index is 1230. The van der Waals surface area contributed by atoms with Gasteiger partial charge in [0.25, 0.3) is 0 Å². The molecule has 0 radical (unpaired) electrons. The van der Waals surface area contributed by atoms with Crippen LogP contribution in [0.4, 0.5) is 17.1 Å². The number of ether oxygens (including phenoxy) is 1. The molecule has 33 heavy (non-hydrogen) atoms. The van der Waals surface area contributed by atoms with Gasteiger partial charge in [-0.25, -0.2) is 0 Å². The van der Waals surface area contributed by atoms with Crippen molar-refractivity contribution in [3.8, 4) is 5.75 Å². The summed E-state index contributed by atoms with van der Waals surface area (Å²) in [6, 6.07) is 35.2. The number of hydrogen-bond donors (Lipinski definition) is 1. The van der Waals surface area contributed by atoms with Crippen LogP contribution in [0.5, 0.6) is 5.75 Å². The molecule has 0 aromatic heterocycles. The largest absolute Gasteiger partial charge is 0.497 e. The van der Waals surface area contributed by atoms with Crippen molar-refractivity contribution >= 4 is 23.0 Å². The monoisotopic (exact) mass is 434 g/mol. The fraction of sp³-hybridized carbons (Fsp3) is 0.138. The number of methoxy groups -OCH3 is 1. The van der Waals surface area contributed by atoms with E-state index in [9.17, 15) is 4.79 Å². The fourth-order valence-electron chi connectivity index (χ4n) is 4.46. The van der Waals surface area contributed by atoms with Crippen LogP contribution in [0.1, 0.15) is 29.0 Å². The van der Waals surface area contributed by atoms with Crippen LogP contribution in [0.15, 0.2) is 103 Å². The van der Waals surface area contributed by atoms with Gasteiger partial charge in [0.15, 0.2) is 0 Å². The summed E-state index contributed by atoms with van der Waals surface area (Å²) in [5.74, 6) is 0.960. The number of rotatable bonds is 6. The van der Waals surface area contributed by atoms with Crippen LogP contribution in [0.3, 0.4) is 0 Å². The molecule has 1 aliphatic rings. The van der Waals surface area contributed by atoms with Crippen molar-refractivity contribution in [1.29, 1.82) is 0 Å². The Morgan fingerprint density at radius 2 is 1.45 bits per heavy atom. The van der Waals surface area contributed by atoms with Crippen LogP contribution in [-0.2, 0) is 11.3 Å². The summed E-state index contributed by atoms with van der Waals surface area (Å²) in [7, 11) is 1.68. The van der Waals surface area contributed by atoms with E-state index in [1.54, 1.807) is 7.11 Å². The van der Waals surface area contributed by atoms with Crippen molar-refractivity contribution in [3.05, 3.63) is 120 Å². The molecule has 1 amide bonds. The molecule has 0 saturated heterocycles. The number of fused-ring (bicyclic) bond motifs is 1. The summed E-state index contributed by atoms with van der Waals surface area (Å²) in [5, 5.41) is 2.99. The van der Waals surface area contributed by atoms with Gasteiger partial charge in [0.1, 0.15) is 5.75 Å². The van der Waals surface area contributed by atoms with Gasteiger partial charge in [-0.1, -0.05) is 60.7 Å². The molecule has 0 saturated carbocycles. The summed E-state index contributed by atoms with van der Waals surface area (Å²) in [6.45, 7) is 0.751. The molecule has 4 aromatic carbocycles. The van der Waals surface area contributed by atoms with Gasteiger partial charge >= 0.3 is 0 Å². The summed E-state index contributed by atoms with van der Waals surface area (Å²) >= 11 is 0. The molecular weight excluding hydrogens is 408 g/mol. The lowest BCUT2D eigenvalue weighted by Crippen LogP contribution is -2.23. The van der Waals surface area contributed by atoms with E-state index < -0.39 is 0 Å². The number of carbonyl (C=O) groups is 1. The van der Waals surface area contributed by atoms with Crippen LogP contribution in [0, 0.1) is 0 Å². The van der Waals surface area contributed by atoms with Gasteiger partial charge in [-0.3, -0.25) is 4.79 Å². The number of benzene rings is 4. The second-order valence-corrected chi connectivity index (χ2v) is 8.25. The Morgan fingerprint density at radius 1 is 0.818 bits per heavy atom. The predicted octanol–water partition coefficient (Wildman–Crippen LogP) is 6.51. The van der Waals surface area contributed by atoms with E-state index in [4.69, 9.17) is 4.74 Å². The van der Waals surface area contributed by atoms with Crippen LogP contribution >= 0.6 is 0 Å². The number of anilines is 3. The Balaban J connectivity index is 1.48. The maximum Gasteiger partial charge on any atom is 0.225 e. The summed E-state index contributed by atoms with van der Waals surface area (Å²) in [6.07, 6.45) is 0.461. The first-order valence-corrected chi connectivity index (χ1v) is 11.2. The Kier molecular flexibility index (Phi) is 5.81. The summed E-state index contributed by atoms with van der Waals surface area (Å²) in [5.41, 5.74) is 6.65. The maximum atomic E-state index is 12.3. The molecule has 164 valence electrons. The van der Waals surface area contributed by atoms with Gasteiger partial charge in [0, 0.05) is 35.9 Å². The minimum Gasteiger partial charge on any atom is -0.497 e. The minimum atomic E-state index is 0.0618. The maximum absolute atomic E-state index is 12.3. The second-order valence-electron chi connectivity index (χ2n) is 8.25. The molecule has 0 bridgehead atoms. The average molecular weight is 435 g/mol. The van der Waals surface area contributed by atoms with Crippen LogP contribution < -0.4 is 15.0 Å². The van der Waals surface area contributed by atoms with E-state index in [2.05, 4.69) is 76.9 Å². The SMILES string of the molecule is COc1ccc(N(Cc2ccccc2)c2ccc(C3CC(=O)Nc4ccccc43)cc2)cc1. The number of hydrogen-bond acceptors (Lipinski definition) is 3. The zero-order valence-corrected chi connectivity index (χ0v) is 18.6. The predicted molar refractivity (Wildman–Crippen MR) is 133 cm³/mol. The highest BCUT2D eigenvalue weighted by Gasteiger charge is 2.26. The lowest BCUT2D eigenvalue weighted by atomic mass is 9.85. The lowest BCUT2D eigenvalue weighted by Gasteiger charge is -2.28. The highest BCUT2D eigenvalue weighted by molar-refractivity contribution is 5.95. The van der Waals surface area contributed by atoms with Gasteiger partial charge in [0.2, 0.25) is 5.91 Å². The van der Waals surface area contributed by atoms with Crippen molar-refractivity contribution in [1.82, 2.24) is 0 Å². The number of carbonyl (C=O) groups excluding carboxylic acids is 1. The van der Waals surface area contributed by atoms with E-state index in [1.807, 2.05) is 36.4 Å². The molecule has 1 aliphatic heterocycles. The second kappa shape index (κ2) is 9.21. The molecule has 5 rings (SSSR count). The number of para-hydroxylation sites is 1. The van der Waals surface area contributed by atoms with Gasteiger partial charge in [-0.15, -0.1) is 0 Å². The fourth-order valence-corrected chi connectivity index (χ4v) is 4.46. The minimum absolute atomic E-state index is 0.0618. The first kappa shape index (κ1) is 20.8.